The molecule has 2 rings (SSSR count). The van der Waals surface area contributed by atoms with Crippen molar-refractivity contribution in [3.63, 3.8) is 0 Å². The smallest absolute Gasteiger partial charge is 0.247 e. The van der Waals surface area contributed by atoms with Crippen molar-refractivity contribution in [1.82, 2.24) is 10.2 Å². The van der Waals surface area contributed by atoms with E-state index in [1.54, 1.807) is 29.2 Å². The highest BCUT2D eigenvalue weighted by Gasteiger charge is 2.30. The summed E-state index contributed by atoms with van der Waals surface area (Å²) in [4.78, 5) is 25.6. The summed E-state index contributed by atoms with van der Waals surface area (Å²) in [6.45, 7) is 2.89. The van der Waals surface area contributed by atoms with Crippen LogP contribution in [0.2, 0.25) is 10.0 Å². The van der Waals surface area contributed by atoms with Gasteiger partial charge in [0.2, 0.25) is 11.8 Å². The summed E-state index contributed by atoms with van der Waals surface area (Å²) in [5.41, 5.74) is 0.746. The molecule has 1 atom stereocenters. The summed E-state index contributed by atoms with van der Waals surface area (Å²) in [6.07, 6.45) is 3.69. The molecule has 1 N–H and O–H groups in total. The molecular weight excluding hydrogens is 311 g/mol. The van der Waals surface area contributed by atoms with Crippen molar-refractivity contribution in [2.75, 3.05) is 13.1 Å². The molecule has 1 aromatic rings. The lowest BCUT2D eigenvalue weighted by atomic mass is 10.1. The SMILES string of the molecule is CCC1C(=O)NCCN1C(=O)C=Cc1cc(Cl)cc(Cl)c1. The number of benzene rings is 1. The van der Waals surface area contributed by atoms with E-state index in [1.165, 1.54) is 6.08 Å². The highest BCUT2D eigenvalue weighted by atomic mass is 35.5. The quantitative estimate of drug-likeness (QED) is 0.868. The monoisotopic (exact) mass is 326 g/mol. The van der Waals surface area contributed by atoms with Gasteiger partial charge in [0, 0.05) is 29.2 Å². The number of piperazine rings is 1. The minimum absolute atomic E-state index is 0.101. The molecule has 6 heteroatoms. The largest absolute Gasteiger partial charge is 0.353 e. The second-order valence-corrected chi connectivity index (χ2v) is 5.66. The van der Waals surface area contributed by atoms with Crippen molar-refractivity contribution >= 4 is 41.1 Å². The van der Waals surface area contributed by atoms with Crippen molar-refractivity contribution in [1.29, 1.82) is 0 Å². The average Bonchev–Trinajstić information content (AvgIpc) is 2.43. The van der Waals surface area contributed by atoms with Gasteiger partial charge in [-0.25, -0.2) is 0 Å². The summed E-state index contributed by atoms with van der Waals surface area (Å²) < 4.78 is 0. The van der Waals surface area contributed by atoms with Gasteiger partial charge < -0.3 is 10.2 Å². The van der Waals surface area contributed by atoms with Crippen molar-refractivity contribution < 1.29 is 9.59 Å². The molecule has 4 nitrogen and oxygen atoms in total. The van der Waals surface area contributed by atoms with Gasteiger partial charge in [0.05, 0.1) is 0 Å². The van der Waals surface area contributed by atoms with Crippen LogP contribution < -0.4 is 5.32 Å². The minimum atomic E-state index is -0.404. The van der Waals surface area contributed by atoms with Crippen molar-refractivity contribution in [2.24, 2.45) is 0 Å². The first-order chi connectivity index (χ1) is 10.0. The number of hydrogen-bond donors (Lipinski definition) is 1. The summed E-state index contributed by atoms with van der Waals surface area (Å²) in [7, 11) is 0. The highest BCUT2D eigenvalue weighted by Crippen LogP contribution is 2.20. The summed E-state index contributed by atoms with van der Waals surface area (Å²) >= 11 is 11.8. The molecule has 112 valence electrons. The fourth-order valence-electron chi connectivity index (χ4n) is 2.32. The molecule has 0 radical (unpaired) electrons. The Kier molecular flexibility index (Phi) is 5.26. The highest BCUT2D eigenvalue weighted by molar-refractivity contribution is 6.34. The maximum atomic E-state index is 12.2. The van der Waals surface area contributed by atoms with E-state index < -0.39 is 6.04 Å². The second-order valence-electron chi connectivity index (χ2n) is 4.78. The molecule has 1 aliphatic rings. The molecule has 0 aromatic heterocycles. The number of nitrogens with zero attached hydrogens (tertiary/aromatic N) is 1. The van der Waals surface area contributed by atoms with Gasteiger partial charge in [-0.15, -0.1) is 0 Å². The third-order valence-corrected chi connectivity index (χ3v) is 3.74. The van der Waals surface area contributed by atoms with Crippen LogP contribution in [0.5, 0.6) is 0 Å². The number of amides is 2. The van der Waals surface area contributed by atoms with E-state index in [0.717, 1.165) is 5.56 Å². The molecule has 1 aliphatic heterocycles. The summed E-state index contributed by atoms with van der Waals surface area (Å²) in [5, 5.41) is 3.79. The fourth-order valence-corrected chi connectivity index (χ4v) is 2.86. The van der Waals surface area contributed by atoms with E-state index in [4.69, 9.17) is 23.2 Å². The lowest BCUT2D eigenvalue weighted by molar-refractivity contribution is -0.140. The fraction of sp³-hybridized carbons (Fsp3) is 0.333. The number of halogens is 2. The van der Waals surface area contributed by atoms with Crippen LogP contribution in [-0.2, 0) is 9.59 Å². The Morgan fingerprint density at radius 1 is 1.38 bits per heavy atom. The van der Waals surface area contributed by atoms with Crippen LogP contribution in [0, 0.1) is 0 Å². The van der Waals surface area contributed by atoms with Gasteiger partial charge in [0.15, 0.2) is 0 Å². The normalized spacial score (nSPS) is 18.9. The van der Waals surface area contributed by atoms with E-state index in [0.29, 0.717) is 29.6 Å². The zero-order valence-corrected chi connectivity index (χ0v) is 13.1. The minimum Gasteiger partial charge on any atom is -0.353 e. The molecule has 0 aliphatic carbocycles. The zero-order valence-electron chi connectivity index (χ0n) is 11.6. The van der Waals surface area contributed by atoms with Gasteiger partial charge in [0.1, 0.15) is 6.04 Å². The second kappa shape index (κ2) is 6.96. The van der Waals surface area contributed by atoms with Crippen molar-refractivity contribution in [3.8, 4) is 0 Å². The lowest BCUT2D eigenvalue weighted by Gasteiger charge is -2.33. The van der Waals surface area contributed by atoms with Gasteiger partial charge in [-0.3, -0.25) is 9.59 Å². The third kappa shape index (κ3) is 3.99. The first kappa shape index (κ1) is 15.9. The van der Waals surface area contributed by atoms with Gasteiger partial charge >= 0.3 is 0 Å². The van der Waals surface area contributed by atoms with Gasteiger partial charge in [0.25, 0.3) is 0 Å². The molecule has 1 heterocycles. The molecular formula is C15H16Cl2N2O2. The van der Waals surface area contributed by atoms with Crippen LogP contribution in [0.25, 0.3) is 6.08 Å². The first-order valence-corrected chi connectivity index (χ1v) is 7.49. The summed E-state index contributed by atoms with van der Waals surface area (Å²) in [6, 6.07) is 4.66. The molecule has 0 spiro atoms. The van der Waals surface area contributed by atoms with Crippen LogP contribution in [0.3, 0.4) is 0 Å². The van der Waals surface area contributed by atoms with E-state index in [1.807, 2.05) is 6.92 Å². The van der Waals surface area contributed by atoms with Crippen LogP contribution in [0.15, 0.2) is 24.3 Å². The Morgan fingerprint density at radius 3 is 2.67 bits per heavy atom. The Balaban J connectivity index is 2.12. The first-order valence-electron chi connectivity index (χ1n) is 6.73. The molecule has 21 heavy (non-hydrogen) atoms. The summed E-state index contributed by atoms with van der Waals surface area (Å²) in [5.74, 6) is -0.288. The molecule has 2 amide bonds. The van der Waals surface area contributed by atoms with E-state index in [2.05, 4.69) is 5.32 Å². The van der Waals surface area contributed by atoms with Gasteiger partial charge in [-0.2, -0.15) is 0 Å². The van der Waals surface area contributed by atoms with E-state index in [-0.39, 0.29) is 11.8 Å². The van der Waals surface area contributed by atoms with Crippen LogP contribution >= 0.6 is 23.2 Å². The van der Waals surface area contributed by atoms with Crippen LogP contribution in [0.4, 0.5) is 0 Å². The van der Waals surface area contributed by atoms with Crippen molar-refractivity contribution in [2.45, 2.75) is 19.4 Å². The third-order valence-electron chi connectivity index (χ3n) is 3.30. The Morgan fingerprint density at radius 2 is 2.05 bits per heavy atom. The molecule has 1 aromatic carbocycles. The predicted molar refractivity (Wildman–Crippen MR) is 84.3 cm³/mol. The number of carbonyl (C=O) groups excluding carboxylic acids is 2. The molecule has 0 saturated carbocycles. The standard InChI is InChI=1S/C15H16Cl2N2O2/c1-2-13-15(21)18-5-6-19(13)14(20)4-3-10-7-11(16)9-12(17)8-10/h3-4,7-9,13H,2,5-6H2,1H3,(H,18,21). The number of carbonyl (C=O) groups is 2. The number of nitrogens with one attached hydrogen (secondary N) is 1. The van der Waals surface area contributed by atoms with Crippen LogP contribution in [-0.4, -0.2) is 35.8 Å². The Bertz CT molecular complexity index is 567. The molecule has 1 fully saturated rings. The molecule has 1 saturated heterocycles. The maximum Gasteiger partial charge on any atom is 0.247 e. The van der Waals surface area contributed by atoms with E-state index >= 15 is 0 Å². The number of rotatable bonds is 3. The van der Waals surface area contributed by atoms with Gasteiger partial charge in [-0.1, -0.05) is 30.1 Å². The van der Waals surface area contributed by atoms with Crippen LogP contribution in [0.1, 0.15) is 18.9 Å². The molecule has 0 bridgehead atoms. The molecule has 1 unspecified atom stereocenters. The lowest BCUT2D eigenvalue weighted by Crippen LogP contribution is -2.56. The van der Waals surface area contributed by atoms with Gasteiger partial charge in [-0.05, 0) is 36.3 Å². The van der Waals surface area contributed by atoms with E-state index in [9.17, 15) is 9.59 Å². The Hall–Kier alpha value is -1.52. The predicted octanol–water partition coefficient (Wildman–Crippen LogP) is 2.74. The Labute approximate surface area is 133 Å². The average molecular weight is 327 g/mol. The number of hydrogen-bond acceptors (Lipinski definition) is 2. The van der Waals surface area contributed by atoms with Crippen molar-refractivity contribution in [3.05, 3.63) is 39.9 Å². The zero-order chi connectivity index (χ0) is 15.4. The topological polar surface area (TPSA) is 49.4 Å². The maximum absolute atomic E-state index is 12.2.